The molecule has 0 radical (unpaired) electrons. The van der Waals surface area contributed by atoms with Crippen LogP contribution in [0.25, 0.3) is 0 Å². The monoisotopic (exact) mass is 234 g/mol. The zero-order valence-electron chi connectivity index (χ0n) is 10.7. The number of ether oxygens (including phenoxy) is 1. The molecule has 0 amide bonds. The molecule has 17 heavy (non-hydrogen) atoms. The smallest absolute Gasteiger partial charge is 0.0861 e. The van der Waals surface area contributed by atoms with Gasteiger partial charge in [-0.1, -0.05) is 29.8 Å². The highest BCUT2D eigenvalue weighted by Crippen LogP contribution is 2.36. The summed E-state index contributed by atoms with van der Waals surface area (Å²) >= 11 is 0. The van der Waals surface area contributed by atoms with Crippen LogP contribution in [-0.2, 0) is 4.74 Å². The fourth-order valence-electron chi connectivity index (χ4n) is 2.66. The number of nitrogens with two attached hydrogens (primary N) is 1. The van der Waals surface area contributed by atoms with Crippen LogP contribution in [0.5, 0.6) is 0 Å². The van der Waals surface area contributed by atoms with Gasteiger partial charge in [0.25, 0.3) is 0 Å². The molecule has 1 aromatic rings. The number of hydrogen-bond donors (Lipinski definition) is 2. The van der Waals surface area contributed by atoms with Crippen LogP contribution in [0.1, 0.15) is 43.4 Å². The van der Waals surface area contributed by atoms with Crippen LogP contribution in [0.3, 0.4) is 0 Å². The van der Waals surface area contributed by atoms with E-state index in [1.807, 2.05) is 0 Å². The molecule has 94 valence electrons. The summed E-state index contributed by atoms with van der Waals surface area (Å²) in [5.41, 5.74) is 5.19. The van der Waals surface area contributed by atoms with E-state index in [9.17, 15) is 0 Å². The Balaban J connectivity index is 2.26. The van der Waals surface area contributed by atoms with Gasteiger partial charge in [-0.25, -0.2) is 0 Å². The highest BCUT2D eigenvalue weighted by molar-refractivity contribution is 5.27. The lowest BCUT2D eigenvalue weighted by molar-refractivity contribution is -0.0899. The van der Waals surface area contributed by atoms with Crippen LogP contribution in [0.2, 0.25) is 0 Å². The van der Waals surface area contributed by atoms with Gasteiger partial charge in [0.1, 0.15) is 0 Å². The van der Waals surface area contributed by atoms with Crippen molar-refractivity contribution in [1.29, 1.82) is 0 Å². The second-order valence-corrected chi connectivity index (χ2v) is 5.13. The normalized spacial score (nSPS) is 26.8. The lowest BCUT2D eigenvalue weighted by Crippen LogP contribution is -2.48. The third-order valence-electron chi connectivity index (χ3n) is 3.65. The van der Waals surface area contributed by atoms with Crippen molar-refractivity contribution in [3.8, 4) is 0 Å². The van der Waals surface area contributed by atoms with Gasteiger partial charge < -0.3 is 4.74 Å². The summed E-state index contributed by atoms with van der Waals surface area (Å²) in [5.74, 6) is 5.74. The Labute approximate surface area is 103 Å². The molecule has 0 bridgehead atoms. The number of rotatable bonds is 3. The van der Waals surface area contributed by atoms with Gasteiger partial charge in [0.2, 0.25) is 0 Å². The summed E-state index contributed by atoms with van der Waals surface area (Å²) in [6, 6.07) is 8.51. The second-order valence-electron chi connectivity index (χ2n) is 5.13. The number of benzene rings is 1. The summed E-state index contributed by atoms with van der Waals surface area (Å²) in [6.45, 7) is 5.08. The highest BCUT2D eigenvalue weighted by atomic mass is 16.5. The van der Waals surface area contributed by atoms with Gasteiger partial charge in [-0.2, -0.15) is 0 Å². The van der Waals surface area contributed by atoms with Gasteiger partial charge in [0.15, 0.2) is 0 Å². The van der Waals surface area contributed by atoms with Gasteiger partial charge in [-0.15, -0.1) is 0 Å². The zero-order chi connectivity index (χ0) is 12.3. The van der Waals surface area contributed by atoms with E-state index in [1.54, 1.807) is 0 Å². The molecule has 0 spiro atoms. The Morgan fingerprint density at radius 3 is 2.82 bits per heavy atom. The molecule has 1 saturated heterocycles. The number of hydrazine groups is 1. The van der Waals surface area contributed by atoms with Crippen molar-refractivity contribution >= 4 is 0 Å². The van der Waals surface area contributed by atoms with Gasteiger partial charge >= 0.3 is 0 Å². The SMILES string of the molecule is Cc1cccc(C(NN)C2(C)CCCCO2)c1. The van der Waals surface area contributed by atoms with E-state index in [-0.39, 0.29) is 11.6 Å². The third kappa shape index (κ3) is 2.68. The first kappa shape index (κ1) is 12.6. The van der Waals surface area contributed by atoms with E-state index < -0.39 is 0 Å². The molecule has 3 nitrogen and oxygen atoms in total. The molecule has 1 aliphatic rings. The van der Waals surface area contributed by atoms with Crippen LogP contribution in [-0.4, -0.2) is 12.2 Å². The van der Waals surface area contributed by atoms with E-state index in [0.717, 1.165) is 19.4 Å². The molecule has 3 heteroatoms. The maximum atomic E-state index is 5.97. The first-order valence-electron chi connectivity index (χ1n) is 6.32. The molecule has 2 atom stereocenters. The van der Waals surface area contributed by atoms with Gasteiger partial charge in [-0.05, 0) is 38.7 Å². The molecule has 2 unspecified atom stereocenters. The maximum Gasteiger partial charge on any atom is 0.0861 e. The Morgan fingerprint density at radius 1 is 1.41 bits per heavy atom. The zero-order valence-corrected chi connectivity index (χ0v) is 10.7. The maximum absolute atomic E-state index is 5.97. The lowest BCUT2D eigenvalue weighted by Gasteiger charge is -2.40. The Morgan fingerprint density at radius 2 is 2.24 bits per heavy atom. The first-order valence-corrected chi connectivity index (χ1v) is 6.32. The molecule has 2 rings (SSSR count). The van der Waals surface area contributed by atoms with Crippen molar-refractivity contribution in [2.75, 3.05) is 6.61 Å². The standard InChI is InChI=1S/C14H22N2O/c1-11-6-5-7-12(10-11)13(16-15)14(2)8-3-4-9-17-14/h5-7,10,13,16H,3-4,8-9,15H2,1-2H3. The quantitative estimate of drug-likeness (QED) is 0.624. The minimum Gasteiger partial charge on any atom is -0.373 e. The summed E-state index contributed by atoms with van der Waals surface area (Å²) in [4.78, 5) is 0. The molecular formula is C14H22N2O. The summed E-state index contributed by atoms with van der Waals surface area (Å²) in [5, 5.41) is 0. The van der Waals surface area contributed by atoms with Crippen molar-refractivity contribution in [3.63, 3.8) is 0 Å². The largest absolute Gasteiger partial charge is 0.373 e. The molecule has 0 aromatic heterocycles. The van der Waals surface area contributed by atoms with Crippen molar-refractivity contribution in [3.05, 3.63) is 35.4 Å². The molecule has 1 fully saturated rings. The fourth-order valence-corrected chi connectivity index (χ4v) is 2.66. The van der Waals surface area contributed by atoms with Crippen molar-refractivity contribution in [2.24, 2.45) is 5.84 Å². The van der Waals surface area contributed by atoms with Crippen molar-refractivity contribution in [1.82, 2.24) is 5.43 Å². The molecule has 3 N–H and O–H groups in total. The van der Waals surface area contributed by atoms with Crippen molar-refractivity contribution in [2.45, 2.75) is 44.8 Å². The number of nitrogens with one attached hydrogen (secondary N) is 1. The van der Waals surface area contributed by atoms with Crippen LogP contribution in [0, 0.1) is 6.92 Å². The fraction of sp³-hybridized carbons (Fsp3) is 0.571. The van der Waals surface area contributed by atoms with E-state index in [0.29, 0.717) is 0 Å². The molecule has 1 aromatic carbocycles. The molecule has 1 aliphatic heterocycles. The summed E-state index contributed by atoms with van der Waals surface area (Å²) in [6.07, 6.45) is 3.41. The average molecular weight is 234 g/mol. The minimum atomic E-state index is -0.194. The minimum absolute atomic E-state index is 0.0581. The predicted octanol–water partition coefficient (Wildman–Crippen LogP) is 2.46. The molecule has 0 aliphatic carbocycles. The second kappa shape index (κ2) is 5.17. The Kier molecular flexibility index (Phi) is 3.82. The Bertz CT molecular complexity index is 372. The lowest BCUT2D eigenvalue weighted by atomic mass is 9.84. The number of hydrogen-bond acceptors (Lipinski definition) is 3. The predicted molar refractivity (Wildman–Crippen MR) is 69.5 cm³/mol. The van der Waals surface area contributed by atoms with Gasteiger partial charge in [-0.3, -0.25) is 11.3 Å². The topological polar surface area (TPSA) is 47.3 Å². The summed E-state index contributed by atoms with van der Waals surface area (Å²) < 4.78 is 5.97. The van der Waals surface area contributed by atoms with E-state index in [1.165, 1.54) is 17.5 Å². The molecular weight excluding hydrogens is 212 g/mol. The van der Waals surface area contributed by atoms with Crippen LogP contribution >= 0.6 is 0 Å². The Hall–Kier alpha value is -0.900. The molecule has 0 saturated carbocycles. The van der Waals surface area contributed by atoms with Crippen LogP contribution in [0.4, 0.5) is 0 Å². The van der Waals surface area contributed by atoms with E-state index in [4.69, 9.17) is 10.6 Å². The third-order valence-corrected chi connectivity index (χ3v) is 3.65. The van der Waals surface area contributed by atoms with E-state index in [2.05, 4.69) is 43.5 Å². The highest BCUT2D eigenvalue weighted by Gasteiger charge is 2.37. The van der Waals surface area contributed by atoms with E-state index >= 15 is 0 Å². The number of aryl methyl sites for hydroxylation is 1. The van der Waals surface area contributed by atoms with Crippen LogP contribution < -0.4 is 11.3 Å². The molecule has 1 heterocycles. The average Bonchev–Trinajstić information content (AvgIpc) is 2.30. The van der Waals surface area contributed by atoms with Gasteiger partial charge in [0.05, 0.1) is 11.6 Å². The van der Waals surface area contributed by atoms with Gasteiger partial charge in [0, 0.05) is 6.61 Å². The summed E-state index contributed by atoms with van der Waals surface area (Å²) in [7, 11) is 0. The van der Waals surface area contributed by atoms with Crippen LogP contribution in [0.15, 0.2) is 24.3 Å². The first-order chi connectivity index (χ1) is 8.15. The van der Waals surface area contributed by atoms with Crippen molar-refractivity contribution < 1.29 is 4.74 Å².